The van der Waals surface area contributed by atoms with Gasteiger partial charge in [0.2, 0.25) is 0 Å². The van der Waals surface area contributed by atoms with Crippen molar-refractivity contribution in [2.45, 2.75) is 32.6 Å². The van der Waals surface area contributed by atoms with E-state index in [1.165, 1.54) is 31.8 Å². The van der Waals surface area contributed by atoms with Gasteiger partial charge < -0.3 is 10.2 Å². The van der Waals surface area contributed by atoms with E-state index in [4.69, 9.17) is 10.2 Å². The molecule has 1 atom stereocenters. The summed E-state index contributed by atoms with van der Waals surface area (Å²) in [5.74, 6) is 0. The van der Waals surface area contributed by atoms with Gasteiger partial charge in [-0.3, -0.25) is 0 Å². The highest BCUT2D eigenvalue weighted by Crippen LogP contribution is 2.35. The second-order valence-electron chi connectivity index (χ2n) is 3.38. The molecule has 0 aliphatic heterocycles. The summed E-state index contributed by atoms with van der Waals surface area (Å²) in [5, 5.41) is 16.0. The minimum absolute atomic E-state index is 0.0150. The first-order chi connectivity index (χ1) is 6.35. The van der Waals surface area contributed by atoms with Crippen LogP contribution in [0.2, 0.25) is 0 Å². The molecule has 0 amide bonds. The molecule has 0 heterocycles. The Kier molecular flexibility index (Phi) is 10.7. The number of aliphatic hydroxyl groups excluding tert-OH is 1. The standard InChI is InChI=1S/C10H23O2P/c1-2-3-4-5-8-13(9-6-11)10-7-12/h11-12H,2-10H2,1H3/p+1. The Bertz CT molecular complexity index is 92.9. The molecule has 0 aromatic rings. The van der Waals surface area contributed by atoms with Crippen LogP contribution in [0.25, 0.3) is 0 Å². The molecule has 0 saturated heterocycles. The Balaban J connectivity index is 3.33. The van der Waals surface area contributed by atoms with Gasteiger partial charge in [0.25, 0.3) is 0 Å². The zero-order valence-corrected chi connectivity index (χ0v) is 9.65. The Hall–Kier alpha value is 0.350. The average molecular weight is 207 g/mol. The van der Waals surface area contributed by atoms with E-state index in [0.717, 1.165) is 12.3 Å². The SMILES string of the molecule is CCCCCCP(CCO)CC[OH2+]. The summed E-state index contributed by atoms with van der Waals surface area (Å²) in [5.41, 5.74) is 0. The fraction of sp³-hybridized carbons (Fsp3) is 1.00. The number of hydrogen-bond acceptors (Lipinski definition) is 1. The number of unbranched alkanes of at least 4 members (excludes halogenated alkanes) is 3. The van der Waals surface area contributed by atoms with Gasteiger partial charge in [0, 0.05) is 12.8 Å². The van der Waals surface area contributed by atoms with Gasteiger partial charge in [-0.05, 0) is 18.7 Å². The fourth-order valence-electron chi connectivity index (χ4n) is 1.40. The van der Waals surface area contributed by atoms with Gasteiger partial charge in [-0.2, -0.15) is 0 Å². The van der Waals surface area contributed by atoms with Crippen LogP contribution in [0.5, 0.6) is 0 Å². The second-order valence-corrected chi connectivity index (χ2v) is 6.06. The van der Waals surface area contributed by atoms with Crippen molar-refractivity contribution in [1.29, 1.82) is 0 Å². The second kappa shape index (κ2) is 10.4. The molecule has 0 spiro atoms. The van der Waals surface area contributed by atoms with E-state index < -0.39 is 0 Å². The normalized spacial score (nSPS) is 13.2. The molecule has 0 aromatic heterocycles. The van der Waals surface area contributed by atoms with Crippen LogP contribution in [0, 0.1) is 0 Å². The maximum Gasteiger partial charge on any atom is 0.147 e. The van der Waals surface area contributed by atoms with Gasteiger partial charge in [-0.15, -0.1) is 0 Å². The molecule has 0 fully saturated rings. The maximum absolute atomic E-state index is 8.82. The van der Waals surface area contributed by atoms with Gasteiger partial charge in [0.05, 0.1) is 0 Å². The van der Waals surface area contributed by atoms with Gasteiger partial charge in [-0.1, -0.05) is 34.1 Å². The first-order valence-electron chi connectivity index (χ1n) is 5.33. The molecule has 0 aliphatic carbocycles. The fourth-order valence-corrected chi connectivity index (χ4v) is 3.34. The van der Waals surface area contributed by atoms with Crippen molar-refractivity contribution in [2.24, 2.45) is 0 Å². The van der Waals surface area contributed by atoms with Crippen LogP contribution in [0.15, 0.2) is 0 Å². The van der Waals surface area contributed by atoms with E-state index in [9.17, 15) is 0 Å². The summed E-state index contributed by atoms with van der Waals surface area (Å²) >= 11 is 0. The minimum atomic E-state index is -0.0150. The third-order valence-electron chi connectivity index (χ3n) is 2.17. The van der Waals surface area contributed by atoms with Crippen molar-refractivity contribution in [3.8, 4) is 0 Å². The van der Waals surface area contributed by atoms with Crippen LogP contribution < -0.4 is 0 Å². The topological polar surface area (TPSA) is 43.1 Å². The molecule has 3 heteroatoms. The smallest absolute Gasteiger partial charge is 0.147 e. The molecule has 0 bridgehead atoms. The van der Waals surface area contributed by atoms with Crippen LogP contribution in [0.3, 0.4) is 0 Å². The molecule has 0 rings (SSSR count). The van der Waals surface area contributed by atoms with E-state index in [2.05, 4.69) is 6.92 Å². The largest absolute Gasteiger partial charge is 0.445 e. The Morgan fingerprint density at radius 3 is 2.38 bits per heavy atom. The van der Waals surface area contributed by atoms with E-state index in [-0.39, 0.29) is 7.92 Å². The van der Waals surface area contributed by atoms with Crippen molar-refractivity contribution in [1.82, 2.24) is 0 Å². The lowest BCUT2D eigenvalue weighted by Gasteiger charge is -2.13. The summed E-state index contributed by atoms with van der Waals surface area (Å²) in [6.45, 7) is 3.08. The molecule has 0 radical (unpaired) electrons. The van der Waals surface area contributed by atoms with Gasteiger partial charge in [0.15, 0.2) is 0 Å². The predicted octanol–water partition coefficient (Wildman–Crippen LogP) is 1.77. The van der Waals surface area contributed by atoms with Crippen LogP contribution in [-0.2, 0) is 0 Å². The summed E-state index contributed by atoms with van der Waals surface area (Å²) in [6, 6.07) is 0. The van der Waals surface area contributed by atoms with E-state index >= 15 is 0 Å². The molecule has 13 heavy (non-hydrogen) atoms. The molecule has 1 unspecified atom stereocenters. The van der Waals surface area contributed by atoms with Gasteiger partial charge in [0.1, 0.15) is 6.61 Å². The first-order valence-corrected chi connectivity index (χ1v) is 7.22. The zero-order chi connectivity index (χ0) is 9.94. The minimum Gasteiger partial charge on any atom is -0.445 e. The van der Waals surface area contributed by atoms with E-state index in [1.807, 2.05) is 0 Å². The Morgan fingerprint density at radius 2 is 1.85 bits per heavy atom. The molecular weight excluding hydrogens is 183 g/mol. The zero-order valence-electron chi connectivity index (χ0n) is 8.76. The molecule has 0 aromatic carbocycles. The third-order valence-corrected chi connectivity index (χ3v) is 4.81. The number of hydrogen-bond donors (Lipinski definition) is 1. The van der Waals surface area contributed by atoms with E-state index in [0.29, 0.717) is 13.2 Å². The van der Waals surface area contributed by atoms with Crippen LogP contribution in [0.4, 0.5) is 0 Å². The summed E-state index contributed by atoms with van der Waals surface area (Å²) in [7, 11) is -0.0150. The van der Waals surface area contributed by atoms with Crippen molar-refractivity contribution in [2.75, 3.05) is 31.7 Å². The number of rotatable bonds is 9. The lowest BCUT2D eigenvalue weighted by atomic mass is 10.2. The lowest BCUT2D eigenvalue weighted by Crippen LogP contribution is -2.01. The van der Waals surface area contributed by atoms with Crippen molar-refractivity contribution >= 4 is 7.92 Å². The van der Waals surface area contributed by atoms with E-state index in [1.54, 1.807) is 0 Å². The molecule has 0 saturated carbocycles. The highest BCUT2D eigenvalue weighted by atomic mass is 31.1. The number of aliphatic hydroxyl groups is 1. The Morgan fingerprint density at radius 1 is 1.08 bits per heavy atom. The lowest BCUT2D eigenvalue weighted by molar-refractivity contribution is 0.315. The Labute approximate surface area is 83.1 Å². The van der Waals surface area contributed by atoms with Gasteiger partial charge >= 0.3 is 0 Å². The van der Waals surface area contributed by atoms with Crippen molar-refractivity contribution < 1.29 is 10.2 Å². The molecule has 80 valence electrons. The molecule has 3 N–H and O–H groups in total. The summed E-state index contributed by atoms with van der Waals surface area (Å²) in [6.07, 6.45) is 8.52. The quantitative estimate of drug-likeness (QED) is 0.349. The highest BCUT2D eigenvalue weighted by Gasteiger charge is 2.06. The van der Waals surface area contributed by atoms with Crippen LogP contribution >= 0.6 is 7.92 Å². The van der Waals surface area contributed by atoms with Crippen molar-refractivity contribution in [3.05, 3.63) is 0 Å². The van der Waals surface area contributed by atoms with Crippen LogP contribution in [0.1, 0.15) is 32.6 Å². The predicted molar refractivity (Wildman–Crippen MR) is 61.2 cm³/mol. The van der Waals surface area contributed by atoms with Crippen molar-refractivity contribution in [3.63, 3.8) is 0 Å². The highest BCUT2D eigenvalue weighted by molar-refractivity contribution is 7.57. The van der Waals surface area contributed by atoms with Crippen LogP contribution in [-0.4, -0.2) is 41.9 Å². The monoisotopic (exact) mass is 207 g/mol. The maximum atomic E-state index is 8.82. The first kappa shape index (κ1) is 13.4. The molecule has 0 aliphatic rings. The van der Waals surface area contributed by atoms with Gasteiger partial charge in [-0.25, -0.2) is 0 Å². The molecule has 2 nitrogen and oxygen atoms in total. The third kappa shape index (κ3) is 8.67. The summed E-state index contributed by atoms with van der Waals surface area (Å²) in [4.78, 5) is 0. The molecular formula is C10H24O2P+. The average Bonchev–Trinajstić information content (AvgIpc) is 2.13. The summed E-state index contributed by atoms with van der Waals surface area (Å²) < 4.78 is 0.